The number of rotatable bonds is 5. The van der Waals surface area contributed by atoms with Crippen molar-refractivity contribution in [2.75, 3.05) is 6.54 Å². The van der Waals surface area contributed by atoms with E-state index >= 15 is 0 Å². The van der Waals surface area contributed by atoms with E-state index in [2.05, 4.69) is 73.8 Å². The Labute approximate surface area is 110 Å². The first kappa shape index (κ1) is 12.8. The summed E-state index contributed by atoms with van der Waals surface area (Å²) >= 11 is 0. The van der Waals surface area contributed by atoms with Crippen LogP contribution in [0.15, 0.2) is 54.6 Å². The molecular weight excluding hydrogens is 218 g/mol. The molecule has 2 aromatic rings. The van der Waals surface area contributed by atoms with Crippen LogP contribution in [0.1, 0.15) is 29.7 Å². The molecular formula is C17H21N. The summed E-state index contributed by atoms with van der Waals surface area (Å²) in [5, 5.41) is 3.57. The fourth-order valence-electron chi connectivity index (χ4n) is 2.31. The molecule has 2 rings (SSSR count). The highest BCUT2D eigenvalue weighted by Crippen LogP contribution is 2.18. The summed E-state index contributed by atoms with van der Waals surface area (Å²) in [5.41, 5.74) is 4.08. The zero-order valence-electron chi connectivity index (χ0n) is 11.2. The van der Waals surface area contributed by atoms with Gasteiger partial charge in [0.05, 0.1) is 0 Å². The van der Waals surface area contributed by atoms with Gasteiger partial charge in [0.1, 0.15) is 0 Å². The molecule has 1 heteroatoms. The highest BCUT2D eigenvalue weighted by molar-refractivity contribution is 5.26. The predicted octanol–water partition coefficient (Wildman–Crippen LogP) is 3.89. The van der Waals surface area contributed by atoms with Crippen molar-refractivity contribution in [2.24, 2.45) is 0 Å². The molecule has 0 bridgehead atoms. The van der Waals surface area contributed by atoms with Crippen LogP contribution in [0.5, 0.6) is 0 Å². The lowest BCUT2D eigenvalue weighted by molar-refractivity contribution is 0.550. The molecule has 0 saturated carbocycles. The van der Waals surface area contributed by atoms with Crippen molar-refractivity contribution in [1.29, 1.82) is 0 Å². The Bertz CT molecular complexity index is 476. The lowest BCUT2D eigenvalue weighted by Gasteiger charge is -2.18. The van der Waals surface area contributed by atoms with Crippen molar-refractivity contribution >= 4 is 0 Å². The number of likely N-dealkylation sites (N-methyl/N-ethyl adjacent to an activating group) is 1. The minimum absolute atomic E-state index is 0.401. The molecule has 1 N–H and O–H groups in total. The van der Waals surface area contributed by atoms with E-state index < -0.39 is 0 Å². The molecule has 0 radical (unpaired) electrons. The van der Waals surface area contributed by atoms with E-state index in [1.165, 1.54) is 16.7 Å². The second-order valence-electron chi connectivity index (χ2n) is 4.71. The fraction of sp³-hybridized carbons (Fsp3) is 0.294. The SMILES string of the molecule is CCNC(Cc1cccc(C)c1)c1ccccc1. The van der Waals surface area contributed by atoms with Gasteiger partial charge in [0, 0.05) is 6.04 Å². The zero-order valence-corrected chi connectivity index (χ0v) is 11.2. The number of aryl methyl sites for hydroxylation is 1. The van der Waals surface area contributed by atoms with Gasteiger partial charge in [0.15, 0.2) is 0 Å². The van der Waals surface area contributed by atoms with Gasteiger partial charge in [-0.2, -0.15) is 0 Å². The van der Waals surface area contributed by atoms with Crippen LogP contribution in [0.4, 0.5) is 0 Å². The molecule has 0 heterocycles. The molecule has 0 aromatic heterocycles. The van der Waals surface area contributed by atoms with Crippen LogP contribution in [-0.2, 0) is 6.42 Å². The van der Waals surface area contributed by atoms with Crippen molar-refractivity contribution in [3.8, 4) is 0 Å². The third kappa shape index (κ3) is 3.44. The maximum Gasteiger partial charge on any atom is 0.0360 e. The fourth-order valence-corrected chi connectivity index (χ4v) is 2.31. The molecule has 0 saturated heterocycles. The van der Waals surface area contributed by atoms with Gasteiger partial charge in [-0.1, -0.05) is 67.1 Å². The maximum absolute atomic E-state index is 3.57. The molecule has 1 unspecified atom stereocenters. The molecule has 0 aliphatic heterocycles. The number of benzene rings is 2. The standard InChI is InChI=1S/C17H21N/c1-3-18-17(16-10-5-4-6-11-16)13-15-9-7-8-14(2)12-15/h4-12,17-18H,3,13H2,1-2H3. The second-order valence-corrected chi connectivity index (χ2v) is 4.71. The maximum atomic E-state index is 3.57. The van der Waals surface area contributed by atoms with E-state index in [9.17, 15) is 0 Å². The number of hydrogen-bond acceptors (Lipinski definition) is 1. The minimum Gasteiger partial charge on any atom is -0.310 e. The normalized spacial score (nSPS) is 12.3. The van der Waals surface area contributed by atoms with Crippen LogP contribution in [-0.4, -0.2) is 6.54 Å². The smallest absolute Gasteiger partial charge is 0.0360 e. The van der Waals surface area contributed by atoms with E-state index in [1.807, 2.05) is 0 Å². The Morgan fingerprint density at radius 3 is 2.44 bits per heavy atom. The summed E-state index contributed by atoms with van der Waals surface area (Å²) in [5.74, 6) is 0. The van der Waals surface area contributed by atoms with Crippen molar-refractivity contribution in [2.45, 2.75) is 26.3 Å². The Kier molecular flexibility index (Phi) is 4.54. The molecule has 1 nitrogen and oxygen atoms in total. The van der Waals surface area contributed by atoms with E-state index in [0.717, 1.165) is 13.0 Å². The Morgan fingerprint density at radius 2 is 1.78 bits per heavy atom. The molecule has 0 spiro atoms. The summed E-state index contributed by atoms with van der Waals surface area (Å²) in [4.78, 5) is 0. The molecule has 0 amide bonds. The van der Waals surface area contributed by atoms with Gasteiger partial charge in [0.25, 0.3) is 0 Å². The van der Waals surface area contributed by atoms with Gasteiger partial charge in [-0.25, -0.2) is 0 Å². The molecule has 18 heavy (non-hydrogen) atoms. The van der Waals surface area contributed by atoms with Crippen molar-refractivity contribution in [3.63, 3.8) is 0 Å². The van der Waals surface area contributed by atoms with E-state index in [1.54, 1.807) is 0 Å². The summed E-state index contributed by atoms with van der Waals surface area (Å²) in [6, 6.07) is 19.8. The van der Waals surface area contributed by atoms with Crippen molar-refractivity contribution < 1.29 is 0 Å². The second kappa shape index (κ2) is 6.36. The van der Waals surface area contributed by atoms with Gasteiger partial charge in [0.2, 0.25) is 0 Å². The highest BCUT2D eigenvalue weighted by Gasteiger charge is 2.10. The summed E-state index contributed by atoms with van der Waals surface area (Å²) in [6.45, 7) is 5.30. The molecule has 0 aliphatic rings. The van der Waals surface area contributed by atoms with Crippen molar-refractivity contribution in [3.05, 3.63) is 71.3 Å². The predicted molar refractivity (Wildman–Crippen MR) is 77.7 cm³/mol. The van der Waals surface area contributed by atoms with Gasteiger partial charge in [-0.15, -0.1) is 0 Å². The molecule has 2 aromatic carbocycles. The molecule has 0 aliphatic carbocycles. The van der Waals surface area contributed by atoms with Crippen LogP contribution in [0.25, 0.3) is 0 Å². The average molecular weight is 239 g/mol. The molecule has 0 fully saturated rings. The van der Waals surface area contributed by atoms with Crippen LogP contribution >= 0.6 is 0 Å². The van der Waals surface area contributed by atoms with E-state index in [0.29, 0.717) is 6.04 Å². The quantitative estimate of drug-likeness (QED) is 0.834. The average Bonchev–Trinajstić information content (AvgIpc) is 2.39. The summed E-state index contributed by atoms with van der Waals surface area (Å²) < 4.78 is 0. The van der Waals surface area contributed by atoms with Crippen LogP contribution < -0.4 is 5.32 Å². The third-order valence-electron chi connectivity index (χ3n) is 3.17. The largest absolute Gasteiger partial charge is 0.310 e. The lowest BCUT2D eigenvalue weighted by Crippen LogP contribution is -2.22. The number of hydrogen-bond donors (Lipinski definition) is 1. The van der Waals surface area contributed by atoms with Crippen molar-refractivity contribution in [1.82, 2.24) is 5.32 Å². The minimum atomic E-state index is 0.401. The van der Waals surface area contributed by atoms with Crippen LogP contribution in [0, 0.1) is 6.92 Å². The third-order valence-corrected chi connectivity index (χ3v) is 3.17. The van der Waals surface area contributed by atoms with Gasteiger partial charge in [-0.3, -0.25) is 0 Å². The molecule has 1 atom stereocenters. The number of nitrogens with one attached hydrogen (secondary N) is 1. The van der Waals surface area contributed by atoms with Gasteiger partial charge >= 0.3 is 0 Å². The summed E-state index contributed by atoms with van der Waals surface area (Å²) in [7, 11) is 0. The monoisotopic (exact) mass is 239 g/mol. The summed E-state index contributed by atoms with van der Waals surface area (Å²) in [6.07, 6.45) is 1.04. The lowest BCUT2D eigenvalue weighted by atomic mass is 9.98. The topological polar surface area (TPSA) is 12.0 Å². The van der Waals surface area contributed by atoms with Gasteiger partial charge < -0.3 is 5.32 Å². The van der Waals surface area contributed by atoms with Gasteiger partial charge in [-0.05, 0) is 31.0 Å². The Hall–Kier alpha value is -1.60. The first-order valence-electron chi connectivity index (χ1n) is 6.63. The van der Waals surface area contributed by atoms with E-state index in [4.69, 9.17) is 0 Å². The Balaban J connectivity index is 2.16. The van der Waals surface area contributed by atoms with Crippen LogP contribution in [0.3, 0.4) is 0 Å². The van der Waals surface area contributed by atoms with E-state index in [-0.39, 0.29) is 0 Å². The Morgan fingerprint density at radius 1 is 1.00 bits per heavy atom. The first-order valence-corrected chi connectivity index (χ1v) is 6.63. The van der Waals surface area contributed by atoms with Crippen LogP contribution in [0.2, 0.25) is 0 Å². The molecule has 94 valence electrons. The highest BCUT2D eigenvalue weighted by atomic mass is 14.9. The zero-order chi connectivity index (χ0) is 12.8. The first-order chi connectivity index (χ1) is 8.79.